The van der Waals surface area contributed by atoms with Gasteiger partial charge in [-0.3, -0.25) is 0 Å². The number of nitrogens with one attached hydrogen (secondary N) is 1. The van der Waals surface area contributed by atoms with E-state index < -0.39 is 6.23 Å². The summed E-state index contributed by atoms with van der Waals surface area (Å²) in [6, 6.07) is 20.4. The lowest BCUT2D eigenvalue weighted by atomic mass is 10.0. The van der Waals surface area contributed by atoms with E-state index in [0.29, 0.717) is 23.3 Å². The molecule has 5 rings (SSSR count). The van der Waals surface area contributed by atoms with E-state index in [1.54, 1.807) is 11.8 Å². The van der Waals surface area contributed by atoms with Crippen LogP contribution >= 0.6 is 11.8 Å². The first-order chi connectivity index (χ1) is 16.3. The molecule has 1 N–H and O–H groups in total. The highest BCUT2D eigenvalue weighted by Gasteiger charge is 2.29. The molecule has 1 aromatic heterocycles. The molecule has 1 unspecified atom stereocenters. The number of hydrogen-bond donors (Lipinski definition) is 1. The Morgan fingerprint density at radius 1 is 1.00 bits per heavy atom. The van der Waals surface area contributed by atoms with Gasteiger partial charge < -0.3 is 14.8 Å². The molecular formula is C26H26N4O2S. The van der Waals surface area contributed by atoms with Crippen molar-refractivity contribution >= 4 is 28.2 Å². The molecule has 0 saturated carbocycles. The number of benzene rings is 3. The van der Waals surface area contributed by atoms with Gasteiger partial charge in [-0.2, -0.15) is 4.98 Å². The molecule has 3 aromatic carbocycles. The van der Waals surface area contributed by atoms with E-state index in [1.165, 1.54) is 0 Å². The Morgan fingerprint density at radius 2 is 1.85 bits per heavy atom. The molecule has 1 aliphatic heterocycles. The number of ether oxygens (including phenoxy) is 2. The number of aromatic nitrogens is 3. The third kappa shape index (κ3) is 4.33. The number of nitrogens with zero attached hydrogens (tertiary/aromatic N) is 3. The SMILES string of the molecule is CCCCOc1ccc2ccccc2c1C1Nc2ccccc2-c2nnc(SCC)nc2O1. The standard InChI is InChI=1S/C26H26N4O2S/c1-3-5-16-31-21-15-14-17-10-6-7-11-18(17)22(21)24-27-20-13-9-8-12-19(20)23-25(32-24)28-26(30-29-23)33-4-2/h6-15,24,27H,3-5,16H2,1-2H3. The van der Waals surface area contributed by atoms with Gasteiger partial charge in [0, 0.05) is 11.3 Å². The summed E-state index contributed by atoms with van der Waals surface area (Å²) in [5, 5.41) is 15.2. The molecule has 0 saturated heterocycles. The number of thioether (sulfide) groups is 1. The van der Waals surface area contributed by atoms with Crippen LogP contribution in [0.4, 0.5) is 5.69 Å². The van der Waals surface area contributed by atoms with Crippen molar-refractivity contribution < 1.29 is 9.47 Å². The average molecular weight is 459 g/mol. The summed E-state index contributed by atoms with van der Waals surface area (Å²) in [6.45, 7) is 4.88. The normalized spacial score (nSPS) is 14.5. The van der Waals surface area contributed by atoms with Gasteiger partial charge in [0.2, 0.25) is 17.3 Å². The lowest BCUT2D eigenvalue weighted by Crippen LogP contribution is -2.19. The van der Waals surface area contributed by atoms with Crippen LogP contribution < -0.4 is 14.8 Å². The van der Waals surface area contributed by atoms with E-state index in [0.717, 1.165) is 51.9 Å². The monoisotopic (exact) mass is 458 g/mol. The third-order valence-electron chi connectivity index (χ3n) is 5.56. The predicted octanol–water partition coefficient (Wildman–Crippen LogP) is 6.49. The quantitative estimate of drug-likeness (QED) is 0.251. The zero-order valence-corrected chi connectivity index (χ0v) is 19.6. The van der Waals surface area contributed by atoms with Crippen LogP contribution in [0.25, 0.3) is 22.0 Å². The van der Waals surface area contributed by atoms with E-state index in [-0.39, 0.29) is 0 Å². The molecule has 0 radical (unpaired) electrons. The van der Waals surface area contributed by atoms with Gasteiger partial charge in [0.1, 0.15) is 5.75 Å². The first-order valence-electron chi connectivity index (χ1n) is 11.3. The van der Waals surface area contributed by atoms with Crippen molar-refractivity contribution in [3.63, 3.8) is 0 Å². The number of rotatable bonds is 7. The molecule has 2 heterocycles. The van der Waals surface area contributed by atoms with Crippen LogP contribution in [-0.4, -0.2) is 27.5 Å². The maximum absolute atomic E-state index is 6.55. The Morgan fingerprint density at radius 3 is 2.73 bits per heavy atom. The fourth-order valence-electron chi connectivity index (χ4n) is 3.97. The number of hydrogen-bond acceptors (Lipinski definition) is 7. The number of anilines is 1. The van der Waals surface area contributed by atoms with Crippen molar-refractivity contribution in [2.45, 2.75) is 38.1 Å². The van der Waals surface area contributed by atoms with E-state index in [2.05, 4.69) is 47.6 Å². The lowest BCUT2D eigenvalue weighted by molar-refractivity contribution is 0.217. The number of fused-ring (bicyclic) bond motifs is 4. The van der Waals surface area contributed by atoms with E-state index in [9.17, 15) is 0 Å². The lowest BCUT2D eigenvalue weighted by Gasteiger charge is -2.23. The van der Waals surface area contributed by atoms with Crippen molar-refractivity contribution in [3.8, 4) is 22.9 Å². The fourth-order valence-corrected chi connectivity index (χ4v) is 4.47. The Hall–Kier alpha value is -3.32. The van der Waals surface area contributed by atoms with Gasteiger partial charge >= 0.3 is 0 Å². The molecule has 4 aromatic rings. The molecule has 0 fully saturated rings. The summed E-state index contributed by atoms with van der Waals surface area (Å²) < 4.78 is 12.8. The molecule has 0 amide bonds. The van der Waals surface area contributed by atoms with Gasteiger partial charge in [-0.15, -0.1) is 10.2 Å². The second-order valence-electron chi connectivity index (χ2n) is 7.77. The molecule has 1 aliphatic rings. The van der Waals surface area contributed by atoms with Gasteiger partial charge in [-0.25, -0.2) is 0 Å². The van der Waals surface area contributed by atoms with Crippen LogP contribution in [0.1, 0.15) is 38.5 Å². The van der Waals surface area contributed by atoms with Crippen LogP contribution in [-0.2, 0) is 0 Å². The predicted molar refractivity (Wildman–Crippen MR) is 133 cm³/mol. The molecular weight excluding hydrogens is 432 g/mol. The smallest absolute Gasteiger partial charge is 0.247 e. The summed E-state index contributed by atoms with van der Waals surface area (Å²) in [5.74, 6) is 2.14. The second kappa shape index (κ2) is 9.67. The summed E-state index contributed by atoms with van der Waals surface area (Å²) in [4.78, 5) is 4.71. The molecule has 168 valence electrons. The summed E-state index contributed by atoms with van der Waals surface area (Å²) in [7, 11) is 0. The Labute approximate surface area is 197 Å². The second-order valence-corrected chi connectivity index (χ2v) is 9.00. The average Bonchev–Trinajstić information content (AvgIpc) is 3.00. The van der Waals surface area contributed by atoms with Gasteiger partial charge in [-0.1, -0.05) is 80.6 Å². The number of unbranched alkanes of at least 4 members (excludes halogenated alkanes) is 1. The van der Waals surface area contributed by atoms with Crippen molar-refractivity contribution in [1.29, 1.82) is 0 Å². The van der Waals surface area contributed by atoms with Crippen LogP contribution in [0.15, 0.2) is 65.8 Å². The highest BCUT2D eigenvalue weighted by Crippen LogP contribution is 2.43. The molecule has 1 atom stereocenters. The zero-order valence-electron chi connectivity index (χ0n) is 18.7. The van der Waals surface area contributed by atoms with Gasteiger partial charge in [-0.05, 0) is 35.1 Å². The van der Waals surface area contributed by atoms with Gasteiger partial charge in [0.15, 0.2) is 5.69 Å². The fraction of sp³-hybridized carbons (Fsp3) is 0.269. The number of para-hydroxylation sites is 1. The molecule has 0 spiro atoms. The first-order valence-corrected chi connectivity index (χ1v) is 12.3. The van der Waals surface area contributed by atoms with Crippen LogP contribution in [0.5, 0.6) is 11.6 Å². The molecule has 7 heteroatoms. The summed E-state index contributed by atoms with van der Waals surface area (Å²) >= 11 is 1.54. The summed E-state index contributed by atoms with van der Waals surface area (Å²) in [6.07, 6.45) is 1.56. The molecule has 6 nitrogen and oxygen atoms in total. The first kappa shape index (κ1) is 21.5. The molecule has 0 aliphatic carbocycles. The summed E-state index contributed by atoms with van der Waals surface area (Å²) in [5.41, 5.74) is 3.42. The van der Waals surface area contributed by atoms with Crippen molar-refractivity contribution in [2.24, 2.45) is 0 Å². The van der Waals surface area contributed by atoms with Crippen molar-refractivity contribution in [3.05, 3.63) is 66.2 Å². The maximum atomic E-state index is 6.55. The maximum Gasteiger partial charge on any atom is 0.247 e. The molecule has 0 bridgehead atoms. The Kier molecular flexibility index (Phi) is 6.30. The van der Waals surface area contributed by atoms with Gasteiger partial charge in [0.05, 0.1) is 12.2 Å². The minimum absolute atomic E-state index is 0.468. The van der Waals surface area contributed by atoms with Crippen LogP contribution in [0.2, 0.25) is 0 Å². The van der Waals surface area contributed by atoms with E-state index in [1.807, 2.05) is 42.5 Å². The highest BCUT2D eigenvalue weighted by molar-refractivity contribution is 7.99. The van der Waals surface area contributed by atoms with E-state index in [4.69, 9.17) is 14.5 Å². The van der Waals surface area contributed by atoms with Crippen molar-refractivity contribution in [1.82, 2.24) is 15.2 Å². The largest absolute Gasteiger partial charge is 0.493 e. The minimum Gasteiger partial charge on any atom is -0.493 e. The topological polar surface area (TPSA) is 69.2 Å². The third-order valence-corrected chi connectivity index (χ3v) is 6.28. The highest BCUT2D eigenvalue weighted by atomic mass is 32.2. The molecule has 33 heavy (non-hydrogen) atoms. The minimum atomic E-state index is -0.508. The Bertz CT molecular complexity index is 1280. The van der Waals surface area contributed by atoms with Crippen LogP contribution in [0.3, 0.4) is 0 Å². The zero-order chi connectivity index (χ0) is 22.6. The van der Waals surface area contributed by atoms with Crippen molar-refractivity contribution in [2.75, 3.05) is 17.7 Å². The Balaban J connectivity index is 1.67. The van der Waals surface area contributed by atoms with E-state index >= 15 is 0 Å². The van der Waals surface area contributed by atoms with Crippen LogP contribution in [0, 0.1) is 0 Å². The van der Waals surface area contributed by atoms with Gasteiger partial charge in [0.25, 0.3) is 0 Å².